The number of piperidine rings is 1. The van der Waals surface area contributed by atoms with Crippen LogP contribution in [0.1, 0.15) is 24.5 Å². The summed E-state index contributed by atoms with van der Waals surface area (Å²) in [5.74, 6) is 0.570. The van der Waals surface area contributed by atoms with Crippen molar-refractivity contribution in [2.45, 2.75) is 18.9 Å². The van der Waals surface area contributed by atoms with Crippen LogP contribution in [0.4, 0.5) is 0 Å². The normalized spacial score (nSPS) is 17.9. The summed E-state index contributed by atoms with van der Waals surface area (Å²) in [5, 5.41) is 11.3. The predicted molar refractivity (Wildman–Crippen MR) is 78.3 cm³/mol. The van der Waals surface area contributed by atoms with Crippen LogP contribution >= 0.6 is 23.2 Å². The summed E-state index contributed by atoms with van der Waals surface area (Å²) in [6.07, 6.45) is 1.55. The lowest BCUT2D eigenvalue weighted by Gasteiger charge is -2.33. The first kappa shape index (κ1) is 15.4. The average molecular weight is 318 g/mol. The number of carbonyl (C=O) groups excluding carboxylic acids is 1. The summed E-state index contributed by atoms with van der Waals surface area (Å²) >= 11 is 12.2. The van der Waals surface area contributed by atoms with E-state index < -0.39 is 6.10 Å². The standard InChI is InChI=1S/C14H17Cl2NO3/c1-20-11-3-2-10(15)13(16)12(11)14(19)9-4-6-17(8-18)7-5-9/h2-3,8-9,14,19H,4-7H2,1H3. The number of nitrogens with zero attached hydrogens (tertiary/aromatic N) is 1. The topological polar surface area (TPSA) is 49.8 Å². The molecule has 6 heteroatoms. The van der Waals surface area contributed by atoms with E-state index in [1.54, 1.807) is 17.0 Å². The third kappa shape index (κ3) is 3.03. The van der Waals surface area contributed by atoms with E-state index in [4.69, 9.17) is 27.9 Å². The molecule has 1 aliphatic rings. The highest BCUT2D eigenvalue weighted by molar-refractivity contribution is 6.42. The number of benzene rings is 1. The van der Waals surface area contributed by atoms with E-state index in [1.165, 1.54) is 7.11 Å². The minimum Gasteiger partial charge on any atom is -0.496 e. The number of aliphatic hydroxyl groups excluding tert-OH is 1. The Labute approximate surface area is 128 Å². The Hall–Kier alpha value is -0.970. The number of amides is 1. The molecule has 1 aromatic carbocycles. The lowest BCUT2D eigenvalue weighted by molar-refractivity contribution is -0.120. The van der Waals surface area contributed by atoms with Gasteiger partial charge in [0.05, 0.1) is 23.3 Å². The minimum absolute atomic E-state index is 0.0380. The van der Waals surface area contributed by atoms with Gasteiger partial charge in [-0.3, -0.25) is 4.79 Å². The molecular formula is C14H17Cl2NO3. The highest BCUT2D eigenvalue weighted by Crippen LogP contribution is 2.42. The molecule has 1 fully saturated rings. The van der Waals surface area contributed by atoms with E-state index in [9.17, 15) is 9.90 Å². The summed E-state index contributed by atoms with van der Waals surface area (Å²) in [4.78, 5) is 12.4. The molecule has 0 aliphatic carbocycles. The second kappa shape index (κ2) is 6.66. The Morgan fingerprint density at radius 3 is 2.60 bits per heavy atom. The van der Waals surface area contributed by atoms with Crippen molar-refractivity contribution in [3.05, 3.63) is 27.7 Å². The second-order valence-corrected chi connectivity index (χ2v) is 5.69. The summed E-state index contributed by atoms with van der Waals surface area (Å²) in [6, 6.07) is 3.35. The number of halogens is 2. The SMILES string of the molecule is COc1ccc(Cl)c(Cl)c1C(O)C1CCN(C=O)CC1. The van der Waals surface area contributed by atoms with E-state index in [1.807, 2.05) is 0 Å². The molecule has 0 bridgehead atoms. The third-order valence-electron chi connectivity index (χ3n) is 3.78. The first-order valence-electron chi connectivity index (χ1n) is 6.47. The van der Waals surface area contributed by atoms with Crippen LogP contribution in [0.5, 0.6) is 5.75 Å². The van der Waals surface area contributed by atoms with E-state index in [2.05, 4.69) is 0 Å². The van der Waals surface area contributed by atoms with E-state index >= 15 is 0 Å². The number of aliphatic hydroxyl groups is 1. The van der Waals surface area contributed by atoms with Crippen molar-refractivity contribution < 1.29 is 14.6 Å². The van der Waals surface area contributed by atoms with Gasteiger partial charge in [0.2, 0.25) is 6.41 Å². The number of methoxy groups -OCH3 is 1. The predicted octanol–water partition coefficient (Wildman–Crippen LogP) is 2.90. The van der Waals surface area contributed by atoms with Crippen LogP contribution in [0.3, 0.4) is 0 Å². The molecule has 1 saturated heterocycles. The number of hydrogen-bond donors (Lipinski definition) is 1. The van der Waals surface area contributed by atoms with Gasteiger partial charge in [-0.2, -0.15) is 0 Å². The van der Waals surface area contributed by atoms with Crippen LogP contribution in [0.15, 0.2) is 12.1 Å². The Morgan fingerprint density at radius 2 is 2.05 bits per heavy atom. The molecule has 1 atom stereocenters. The maximum absolute atomic E-state index is 10.7. The zero-order valence-corrected chi connectivity index (χ0v) is 12.7. The van der Waals surface area contributed by atoms with Crippen LogP contribution in [0.25, 0.3) is 0 Å². The van der Waals surface area contributed by atoms with Crippen LogP contribution in [-0.4, -0.2) is 36.6 Å². The number of likely N-dealkylation sites (tertiary alicyclic amines) is 1. The van der Waals surface area contributed by atoms with E-state index in [0.29, 0.717) is 34.4 Å². The van der Waals surface area contributed by atoms with Crippen LogP contribution < -0.4 is 4.74 Å². The smallest absolute Gasteiger partial charge is 0.209 e. The lowest BCUT2D eigenvalue weighted by atomic mass is 9.87. The Bertz CT molecular complexity index is 488. The summed E-state index contributed by atoms with van der Waals surface area (Å²) < 4.78 is 5.27. The fourth-order valence-electron chi connectivity index (χ4n) is 2.58. The van der Waals surface area contributed by atoms with Gasteiger partial charge >= 0.3 is 0 Å². The van der Waals surface area contributed by atoms with E-state index in [0.717, 1.165) is 19.3 Å². The highest BCUT2D eigenvalue weighted by atomic mass is 35.5. The van der Waals surface area contributed by atoms with E-state index in [-0.39, 0.29) is 5.92 Å². The molecule has 1 unspecified atom stereocenters. The minimum atomic E-state index is -0.745. The fraction of sp³-hybridized carbons (Fsp3) is 0.500. The maximum atomic E-state index is 10.7. The largest absolute Gasteiger partial charge is 0.496 e. The van der Waals surface area contributed by atoms with Crippen LogP contribution in [0.2, 0.25) is 10.0 Å². The van der Waals surface area contributed by atoms with Crippen molar-refractivity contribution in [3.63, 3.8) is 0 Å². The molecule has 20 heavy (non-hydrogen) atoms. The zero-order valence-electron chi connectivity index (χ0n) is 11.2. The van der Waals surface area contributed by atoms with Gasteiger partial charge < -0.3 is 14.7 Å². The molecule has 1 heterocycles. The molecule has 1 aliphatic heterocycles. The van der Waals surface area contributed by atoms with Crippen molar-refractivity contribution in [2.24, 2.45) is 5.92 Å². The molecule has 0 aromatic heterocycles. The van der Waals surface area contributed by atoms with Gasteiger partial charge in [0, 0.05) is 18.7 Å². The Kier molecular flexibility index (Phi) is 5.13. The van der Waals surface area contributed by atoms with Crippen molar-refractivity contribution >= 4 is 29.6 Å². The number of carbonyl (C=O) groups is 1. The van der Waals surface area contributed by atoms with Gasteiger partial charge in [-0.15, -0.1) is 0 Å². The zero-order chi connectivity index (χ0) is 14.7. The summed E-state index contributed by atoms with van der Waals surface area (Å²) in [6.45, 7) is 1.29. The summed E-state index contributed by atoms with van der Waals surface area (Å²) in [7, 11) is 1.53. The molecule has 0 spiro atoms. The van der Waals surface area contributed by atoms with Crippen molar-refractivity contribution in [1.82, 2.24) is 4.90 Å². The average Bonchev–Trinajstić information content (AvgIpc) is 2.49. The van der Waals surface area contributed by atoms with Crippen LogP contribution in [0, 0.1) is 5.92 Å². The quantitative estimate of drug-likeness (QED) is 0.869. The molecule has 4 nitrogen and oxygen atoms in total. The maximum Gasteiger partial charge on any atom is 0.209 e. The number of ether oxygens (including phenoxy) is 1. The molecular weight excluding hydrogens is 301 g/mol. The first-order chi connectivity index (χ1) is 9.58. The molecule has 110 valence electrons. The molecule has 1 N–H and O–H groups in total. The van der Waals surface area contributed by atoms with Gasteiger partial charge in [0.25, 0.3) is 0 Å². The number of hydrogen-bond acceptors (Lipinski definition) is 3. The van der Waals surface area contributed by atoms with Gasteiger partial charge in [-0.05, 0) is 30.9 Å². The molecule has 1 aromatic rings. The van der Waals surface area contributed by atoms with Gasteiger partial charge in [-0.25, -0.2) is 0 Å². The van der Waals surface area contributed by atoms with Gasteiger partial charge in [-0.1, -0.05) is 23.2 Å². The monoisotopic (exact) mass is 317 g/mol. The number of rotatable bonds is 4. The van der Waals surface area contributed by atoms with Gasteiger partial charge in [0.15, 0.2) is 0 Å². The molecule has 2 rings (SSSR count). The highest BCUT2D eigenvalue weighted by Gasteiger charge is 2.30. The Morgan fingerprint density at radius 1 is 1.40 bits per heavy atom. The van der Waals surface area contributed by atoms with Crippen molar-refractivity contribution in [1.29, 1.82) is 0 Å². The summed E-state index contributed by atoms with van der Waals surface area (Å²) in [5.41, 5.74) is 0.534. The molecule has 0 saturated carbocycles. The van der Waals surface area contributed by atoms with Crippen molar-refractivity contribution in [2.75, 3.05) is 20.2 Å². The third-order valence-corrected chi connectivity index (χ3v) is 4.60. The molecule has 1 amide bonds. The Balaban J connectivity index is 2.23. The first-order valence-corrected chi connectivity index (χ1v) is 7.23. The van der Waals surface area contributed by atoms with Crippen molar-refractivity contribution in [3.8, 4) is 5.75 Å². The lowest BCUT2D eigenvalue weighted by Crippen LogP contribution is -2.34. The van der Waals surface area contributed by atoms with Crippen LogP contribution in [-0.2, 0) is 4.79 Å². The molecule has 0 radical (unpaired) electrons. The van der Waals surface area contributed by atoms with Gasteiger partial charge in [0.1, 0.15) is 5.75 Å². The second-order valence-electron chi connectivity index (χ2n) is 4.90. The fourth-order valence-corrected chi connectivity index (χ4v) is 3.01.